The highest BCUT2D eigenvalue weighted by molar-refractivity contribution is 7.80. The van der Waals surface area contributed by atoms with E-state index in [0.717, 1.165) is 38.5 Å². The lowest BCUT2D eigenvalue weighted by Crippen LogP contribution is -2.21. The fraction of sp³-hybridized carbons (Fsp3) is 0.176. The molecule has 0 aliphatic carbocycles. The van der Waals surface area contributed by atoms with E-state index in [0.29, 0.717) is 6.54 Å². The minimum atomic E-state index is 0.686. The first-order valence-electron chi connectivity index (χ1n) is 7.03. The molecule has 0 radical (unpaired) electrons. The predicted octanol–water partition coefficient (Wildman–Crippen LogP) is 3.35. The number of benzene rings is 2. The molecule has 5 heteroatoms. The van der Waals surface area contributed by atoms with E-state index in [1.807, 2.05) is 43.3 Å². The van der Waals surface area contributed by atoms with Crippen molar-refractivity contribution in [1.29, 1.82) is 0 Å². The summed E-state index contributed by atoms with van der Waals surface area (Å²) < 4.78 is 5.15. The maximum atomic E-state index is 5.48. The first kappa shape index (κ1) is 14.5. The maximum absolute atomic E-state index is 5.48. The second-order valence-electron chi connectivity index (χ2n) is 5.11. The zero-order chi connectivity index (χ0) is 15.5. The largest absolute Gasteiger partial charge is 0.497 e. The van der Waals surface area contributed by atoms with Crippen molar-refractivity contribution in [2.75, 3.05) is 7.11 Å². The summed E-state index contributed by atoms with van der Waals surface area (Å²) in [6.45, 7) is 2.69. The van der Waals surface area contributed by atoms with Crippen molar-refractivity contribution in [3.8, 4) is 5.75 Å². The van der Waals surface area contributed by atoms with Gasteiger partial charge in [-0.15, -0.1) is 0 Å². The lowest BCUT2D eigenvalue weighted by molar-refractivity contribution is 0.414. The van der Waals surface area contributed by atoms with Gasteiger partial charge in [0.2, 0.25) is 0 Å². The molecule has 3 rings (SSSR count). The van der Waals surface area contributed by atoms with Crippen molar-refractivity contribution in [3.63, 3.8) is 0 Å². The molecule has 0 saturated heterocycles. The van der Waals surface area contributed by atoms with Gasteiger partial charge in [0.25, 0.3) is 0 Å². The highest BCUT2D eigenvalue weighted by Crippen LogP contribution is 2.17. The molecule has 0 aliphatic rings. The molecule has 0 aliphatic heterocycles. The van der Waals surface area contributed by atoms with Gasteiger partial charge in [0.05, 0.1) is 12.6 Å². The smallest absolute Gasteiger partial charge is 0.118 e. The van der Waals surface area contributed by atoms with Gasteiger partial charge >= 0.3 is 0 Å². The van der Waals surface area contributed by atoms with E-state index >= 15 is 0 Å². The standard InChI is InChI=1S/C17H17N3OS/c1-11-15-9-13(5-8-16(15)20-19-11)17(22)18-10-12-3-6-14(21-2)7-4-12/h3-9H,10H2,1-2H3,(H,18,22)(H,19,20). The third kappa shape index (κ3) is 2.94. The van der Waals surface area contributed by atoms with E-state index in [1.165, 1.54) is 0 Å². The number of methoxy groups -OCH3 is 1. The summed E-state index contributed by atoms with van der Waals surface area (Å²) in [5, 5.41) is 11.6. The second-order valence-corrected chi connectivity index (χ2v) is 5.52. The molecule has 0 spiro atoms. The number of thiocarbonyl (C=S) groups is 1. The monoisotopic (exact) mass is 311 g/mol. The van der Waals surface area contributed by atoms with Crippen molar-refractivity contribution in [3.05, 3.63) is 59.3 Å². The number of nitrogens with zero attached hydrogens (tertiary/aromatic N) is 1. The molecule has 1 aromatic heterocycles. The Hall–Kier alpha value is -2.40. The van der Waals surface area contributed by atoms with Crippen molar-refractivity contribution in [2.24, 2.45) is 0 Å². The Morgan fingerprint density at radius 1 is 1.23 bits per heavy atom. The van der Waals surface area contributed by atoms with Gasteiger partial charge in [-0.1, -0.05) is 24.4 Å². The minimum Gasteiger partial charge on any atom is -0.497 e. The number of aromatic nitrogens is 2. The average Bonchev–Trinajstić information content (AvgIpc) is 2.94. The molecule has 0 unspecified atom stereocenters. The first-order chi connectivity index (χ1) is 10.7. The van der Waals surface area contributed by atoms with Crippen LogP contribution in [0, 0.1) is 6.92 Å². The molecule has 2 N–H and O–H groups in total. The summed E-state index contributed by atoms with van der Waals surface area (Å²) in [6.07, 6.45) is 0. The van der Waals surface area contributed by atoms with Gasteiger partial charge in [-0.05, 0) is 42.8 Å². The molecule has 0 fully saturated rings. The third-order valence-corrected chi connectivity index (χ3v) is 4.00. The van der Waals surface area contributed by atoms with Gasteiger partial charge in [-0.2, -0.15) is 5.10 Å². The Bertz CT molecular complexity index is 808. The first-order valence-corrected chi connectivity index (χ1v) is 7.44. The summed E-state index contributed by atoms with van der Waals surface area (Å²) in [5.74, 6) is 0.854. The van der Waals surface area contributed by atoms with Gasteiger partial charge in [0, 0.05) is 23.2 Å². The number of hydrogen-bond donors (Lipinski definition) is 2. The summed E-state index contributed by atoms with van der Waals surface area (Å²) in [5.41, 5.74) is 4.17. The van der Waals surface area contributed by atoms with Crippen LogP contribution in [0.25, 0.3) is 10.9 Å². The van der Waals surface area contributed by atoms with Crippen LogP contribution < -0.4 is 10.1 Å². The van der Waals surface area contributed by atoms with Crippen LogP contribution in [0.1, 0.15) is 16.8 Å². The lowest BCUT2D eigenvalue weighted by atomic mass is 10.1. The molecule has 2 aromatic carbocycles. The molecule has 0 amide bonds. The number of ether oxygens (including phenoxy) is 1. The van der Waals surface area contributed by atoms with Crippen LogP contribution in [-0.2, 0) is 6.54 Å². The third-order valence-electron chi connectivity index (χ3n) is 3.62. The molecule has 3 aromatic rings. The molecule has 112 valence electrons. The second kappa shape index (κ2) is 6.15. The lowest BCUT2D eigenvalue weighted by Gasteiger charge is -2.09. The summed E-state index contributed by atoms with van der Waals surface area (Å²) in [4.78, 5) is 0.735. The van der Waals surface area contributed by atoms with Gasteiger partial charge < -0.3 is 10.1 Å². The van der Waals surface area contributed by atoms with Gasteiger partial charge in [0.15, 0.2) is 0 Å². The van der Waals surface area contributed by atoms with Crippen LogP contribution in [0.15, 0.2) is 42.5 Å². The van der Waals surface area contributed by atoms with E-state index in [4.69, 9.17) is 17.0 Å². The Balaban J connectivity index is 1.70. The van der Waals surface area contributed by atoms with Crippen molar-refractivity contribution >= 4 is 28.1 Å². The molecule has 1 heterocycles. The minimum absolute atomic E-state index is 0.686. The van der Waals surface area contributed by atoms with Crippen LogP contribution in [0.3, 0.4) is 0 Å². The van der Waals surface area contributed by atoms with E-state index < -0.39 is 0 Å². The normalized spacial score (nSPS) is 10.6. The Labute approximate surface area is 134 Å². The molecule has 4 nitrogen and oxygen atoms in total. The predicted molar refractivity (Wildman–Crippen MR) is 92.4 cm³/mol. The van der Waals surface area contributed by atoms with Crippen molar-refractivity contribution < 1.29 is 4.74 Å². The van der Waals surface area contributed by atoms with Crippen LogP contribution in [0.2, 0.25) is 0 Å². The molecular weight excluding hydrogens is 294 g/mol. The fourth-order valence-electron chi connectivity index (χ4n) is 2.31. The van der Waals surface area contributed by atoms with Gasteiger partial charge in [-0.3, -0.25) is 5.10 Å². The summed E-state index contributed by atoms with van der Waals surface area (Å²) in [7, 11) is 1.66. The Kier molecular flexibility index (Phi) is 4.06. The van der Waals surface area contributed by atoms with Crippen molar-refractivity contribution in [1.82, 2.24) is 15.5 Å². The van der Waals surface area contributed by atoms with Crippen LogP contribution in [-0.4, -0.2) is 22.3 Å². The fourth-order valence-corrected chi connectivity index (χ4v) is 2.51. The van der Waals surface area contributed by atoms with E-state index in [2.05, 4.69) is 21.6 Å². The summed E-state index contributed by atoms with van der Waals surface area (Å²) >= 11 is 5.48. The zero-order valence-electron chi connectivity index (χ0n) is 12.5. The van der Waals surface area contributed by atoms with Crippen molar-refractivity contribution in [2.45, 2.75) is 13.5 Å². The highest BCUT2D eigenvalue weighted by Gasteiger charge is 2.06. The highest BCUT2D eigenvalue weighted by atomic mass is 32.1. The van der Waals surface area contributed by atoms with Crippen LogP contribution in [0.4, 0.5) is 0 Å². The Morgan fingerprint density at radius 2 is 2.00 bits per heavy atom. The number of H-pyrrole nitrogens is 1. The zero-order valence-corrected chi connectivity index (χ0v) is 13.3. The SMILES string of the molecule is COc1ccc(CNC(=S)c2ccc3n[nH]c(C)c3c2)cc1. The number of fused-ring (bicyclic) bond motifs is 1. The van der Waals surface area contributed by atoms with Gasteiger partial charge in [0.1, 0.15) is 10.7 Å². The van der Waals surface area contributed by atoms with Crippen LogP contribution >= 0.6 is 12.2 Å². The maximum Gasteiger partial charge on any atom is 0.118 e. The quantitative estimate of drug-likeness (QED) is 0.726. The number of aryl methyl sites for hydroxylation is 1. The topological polar surface area (TPSA) is 49.9 Å². The number of rotatable bonds is 4. The molecule has 0 bridgehead atoms. The van der Waals surface area contributed by atoms with Crippen LogP contribution in [0.5, 0.6) is 5.75 Å². The molecular formula is C17H17N3OS. The molecule has 0 atom stereocenters. The summed E-state index contributed by atoms with van der Waals surface area (Å²) in [6, 6.07) is 14.0. The average molecular weight is 311 g/mol. The number of aromatic amines is 1. The Morgan fingerprint density at radius 3 is 2.73 bits per heavy atom. The number of nitrogens with one attached hydrogen (secondary N) is 2. The van der Waals surface area contributed by atoms with E-state index in [1.54, 1.807) is 7.11 Å². The van der Waals surface area contributed by atoms with E-state index in [9.17, 15) is 0 Å². The van der Waals surface area contributed by atoms with Gasteiger partial charge in [-0.25, -0.2) is 0 Å². The van der Waals surface area contributed by atoms with E-state index in [-0.39, 0.29) is 0 Å². The molecule has 0 saturated carbocycles. The molecule has 22 heavy (non-hydrogen) atoms. The number of hydrogen-bond acceptors (Lipinski definition) is 3.